The molecule has 2 N–H and O–H groups in total. The Morgan fingerprint density at radius 1 is 1.31 bits per heavy atom. The van der Waals surface area contributed by atoms with E-state index in [1.54, 1.807) is 0 Å². The molecule has 4 nitrogen and oxygen atoms in total. The molecule has 0 bridgehead atoms. The van der Waals surface area contributed by atoms with E-state index in [0.717, 1.165) is 6.54 Å². The van der Waals surface area contributed by atoms with Crippen LogP contribution in [0.15, 0.2) is 0 Å². The first-order valence-corrected chi connectivity index (χ1v) is 6.16. The van der Waals surface area contributed by atoms with Crippen LogP contribution in [0.4, 0.5) is 0 Å². The van der Waals surface area contributed by atoms with Gasteiger partial charge < -0.3 is 5.32 Å². The van der Waals surface area contributed by atoms with Crippen LogP contribution in [-0.4, -0.2) is 24.4 Å². The molecule has 2 aliphatic rings. The van der Waals surface area contributed by atoms with Gasteiger partial charge in [-0.15, -0.1) is 0 Å². The van der Waals surface area contributed by atoms with E-state index in [9.17, 15) is 9.59 Å². The molecule has 0 spiro atoms. The Kier molecular flexibility index (Phi) is 3.28. The Morgan fingerprint density at radius 3 is 2.56 bits per heavy atom. The predicted octanol–water partition coefficient (Wildman–Crippen LogP) is 0.961. The van der Waals surface area contributed by atoms with Gasteiger partial charge in [-0.25, -0.2) is 0 Å². The van der Waals surface area contributed by atoms with Gasteiger partial charge in [-0.2, -0.15) is 0 Å². The van der Waals surface area contributed by atoms with Crippen molar-refractivity contribution in [1.82, 2.24) is 10.6 Å². The van der Waals surface area contributed by atoms with Gasteiger partial charge in [0.1, 0.15) is 0 Å². The fourth-order valence-electron chi connectivity index (χ4n) is 2.67. The summed E-state index contributed by atoms with van der Waals surface area (Å²) in [6.07, 6.45) is 6.65. The van der Waals surface area contributed by atoms with Gasteiger partial charge in [0.2, 0.25) is 11.8 Å². The first-order chi connectivity index (χ1) is 7.59. The van der Waals surface area contributed by atoms with Gasteiger partial charge in [-0.05, 0) is 18.3 Å². The van der Waals surface area contributed by atoms with E-state index in [2.05, 4.69) is 17.6 Å². The first kappa shape index (κ1) is 11.6. The Labute approximate surface area is 96.2 Å². The van der Waals surface area contributed by atoms with Crippen molar-refractivity contribution in [1.29, 1.82) is 0 Å². The van der Waals surface area contributed by atoms with Crippen LogP contribution in [0.1, 0.15) is 45.4 Å². The summed E-state index contributed by atoms with van der Waals surface area (Å²) in [5.74, 6) is -0.319. The van der Waals surface area contributed by atoms with Crippen molar-refractivity contribution in [2.24, 2.45) is 5.41 Å². The molecule has 1 unspecified atom stereocenters. The van der Waals surface area contributed by atoms with E-state index < -0.39 is 0 Å². The van der Waals surface area contributed by atoms with Crippen molar-refractivity contribution in [2.45, 2.75) is 51.5 Å². The predicted molar refractivity (Wildman–Crippen MR) is 60.7 cm³/mol. The lowest BCUT2D eigenvalue weighted by atomic mass is 9.75. The quantitative estimate of drug-likeness (QED) is 0.702. The molecule has 0 radical (unpaired) electrons. The topological polar surface area (TPSA) is 58.2 Å². The van der Waals surface area contributed by atoms with Gasteiger partial charge in [-0.1, -0.05) is 26.2 Å². The highest BCUT2D eigenvalue weighted by molar-refractivity contribution is 6.05. The molecule has 0 aromatic carbocycles. The summed E-state index contributed by atoms with van der Waals surface area (Å²) in [6, 6.07) is -0.300. The third-order valence-electron chi connectivity index (χ3n) is 3.80. The normalized spacial score (nSPS) is 29.2. The highest BCUT2D eigenvalue weighted by Crippen LogP contribution is 2.35. The molecular formula is C12H20N2O2. The Hall–Kier alpha value is -0.900. The van der Waals surface area contributed by atoms with E-state index in [0.29, 0.717) is 11.8 Å². The summed E-state index contributed by atoms with van der Waals surface area (Å²) in [6.45, 7) is 3.12. The van der Waals surface area contributed by atoms with Crippen LogP contribution in [0.3, 0.4) is 0 Å². The molecule has 1 aliphatic carbocycles. The van der Waals surface area contributed by atoms with Gasteiger partial charge in [0, 0.05) is 6.54 Å². The van der Waals surface area contributed by atoms with Crippen LogP contribution >= 0.6 is 0 Å². The molecule has 0 aromatic heterocycles. The average molecular weight is 224 g/mol. The molecule has 1 heterocycles. The minimum Gasteiger partial charge on any atom is -0.305 e. The fraction of sp³-hybridized carbons (Fsp3) is 0.833. The zero-order valence-corrected chi connectivity index (χ0v) is 9.84. The highest BCUT2D eigenvalue weighted by atomic mass is 16.2. The van der Waals surface area contributed by atoms with Gasteiger partial charge in [0.05, 0.1) is 12.5 Å². The summed E-state index contributed by atoms with van der Waals surface area (Å²) in [5, 5.41) is 5.57. The summed E-state index contributed by atoms with van der Waals surface area (Å²) in [5.41, 5.74) is 0.310. The van der Waals surface area contributed by atoms with E-state index in [4.69, 9.17) is 0 Å². The molecule has 1 saturated heterocycles. The second-order valence-corrected chi connectivity index (χ2v) is 5.42. The maximum atomic E-state index is 11.4. The minimum atomic E-state index is -0.300. The smallest absolute Gasteiger partial charge is 0.244 e. The van der Waals surface area contributed by atoms with Crippen molar-refractivity contribution < 1.29 is 9.59 Å². The number of imide groups is 1. The standard InChI is InChI=1S/C12H20N2O2/c1-12(5-3-2-4-6-12)8-13-9-7-10(15)14-11(9)16/h9,13H,2-8H2,1H3,(H,14,15,16). The summed E-state index contributed by atoms with van der Waals surface area (Å²) in [4.78, 5) is 22.4. The lowest BCUT2D eigenvalue weighted by Crippen LogP contribution is -2.42. The third kappa shape index (κ3) is 2.61. The van der Waals surface area contributed by atoms with Crippen molar-refractivity contribution in [3.05, 3.63) is 0 Å². The van der Waals surface area contributed by atoms with E-state index >= 15 is 0 Å². The first-order valence-electron chi connectivity index (χ1n) is 6.16. The van der Waals surface area contributed by atoms with Crippen LogP contribution in [0.25, 0.3) is 0 Å². The number of hydrogen-bond donors (Lipinski definition) is 2. The number of amides is 2. The molecule has 2 rings (SSSR count). The summed E-state index contributed by atoms with van der Waals surface area (Å²) < 4.78 is 0. The number of carbonyl (C=O) groups excluding carboxylic acids is 2. The molecule has 16 heavy (non-hydrogen) atoms. The number of carbonyl (C=O) groups is 2. The van der Waals surface area contributed by atoms with Gasteiger partial charge >= 0.3 is 0 Å². The van der Waals surface area contributed by atoms with Crippen LogP contribution in [-0.2, 0) is 9.59 Å². The van der Waals surface area contributed by atoms with Crippen LogP contribution in [0, 0.1) is 5.41 Å². The molecule has 90 valence electrons. The van der Waals surface area contributed by atoms with Crippen molar-refractivity contribution in [2.75, 3.05) is 6.54 Å². The molecule has 2 amide bonds. The SMILES string of the molecule is CC1(CNC2CC(=O)NC2=O)CCCCC1. The molecule has 1 atom stereocenters. The minimum absolute atomic E-state index is 0.156. The van der Waals surface area contributed by atoms with Crippen molar-refractivity contribution >= 4 is 11.8 Å². The molecule has 1 saturated carbocycles. The second-order valence-electron chi connectivity index (χ2n) is 5.42. The average Bonchev–Trinajstić information content (AvgIpc) is 2.56. The van der Waals surface area contributed by atoms with Crippen molar-refractivity contribution in [3.8, 4) is 0 Å². The van der Waals surface area contributed by atoms with Crippen LogP contribution in [0.5, 0.6) is 0 Å². The van der Waals surface area contributed by atoms with Gasteiger partial charge in [-0.3, -0.25) is 14.9 Å². The van der Waals surface area contributed by atoms with Crippen molar-refractivity contribution in [3.63, 3.8) is 0 Å². The van der Waals surface area contributed by atoms with E-state index in [-0.39, 0.29) is 17.9 Å². The largest absolute Gasteiger partial charge is 0.305 e. The lowest BCUT2D eigenvalue weighted by Gasteiger charge is -2.34. The molecular weight excluding hydrogens is 204 g/mol. The zero-order valence-electron chi connectivity index (χ0n) is 9.84. The second kappa shape index (κ2) is 4.53. The van der Waals surface area contributed by atoms with Crippen LogP contribution in [0.2, 0.25) is 0 Å². The molecule has 2 fully saturated rings. The summed E-state index contributed by atoms with van der Waals surface area (Å²) in [7, 11) is 0. The van der Waals surface area contributed by atoms with Gasteiger partial charge in [0.15, 0.2) is 0 Å². The third-order valence-corrected chi connectivity index (χ3v) is 3.80. The number of rotatable bonds is 3. The maximum Gasteiger partial charge on any atom is 0.244 e. The fourth-order valence-corrected chi connectivity index (χ4v) is 2.67. The van der Waals surface area contributed by atoms with Gasteiger partial charge in [0.25, 0.3) is 0 Å². The molecule has 1 aliphatic heterocycles. The number of nitrogens with one attached hydrogen (secondary N) is 2. The molecule has 0 aromatic rings. The van der Waals surface area contributed by atoms with E-state index in [1.807, 2.05) is 0 Å². The Balaban J connectivity index is 1.82. The summed E-state index contributed by atoms with van der Waals surface area (Å²) >= 11 is 0. The Morgan fingerprint density at radius 2 is 2.00 bits per heavy atom. The Bertz CT molecular complexity index is 295. The van der Waals surface area contributed by atoms with E-state index in [1.165, 1.54) is 32.1 Å². The lowest BCUT2D eigenvalue weighted by molar-refractivity contribution is -0.125. The highest BCUT2D eigenvalue weighted by Gasteiger charge is 2.33. The monoisotopic (exact) mass is 224 g/mol. The number of hydrogen-bond acceptors (Lipinski definition) is 3. The van der Waals surface area contributed by atoms with Crippen LogP contribution < -0.4 is 10.6 Å². The maximum absolute atomic E-state index is 11.4. The molecule has 4 heteroatoms. The zero-order chi connectivity index (χ0) is 11.6.